The molecule has 10 heteroatoms. The predicted octanol–water partition coefficient (Wildman–Crippen LogP) is 4.40. The summed E-state index contributed by atoms with van der Waals surface area (Å²) >= 11 is 0. The van der Waals surface area contributed by atoms with E-state index in [4.69, 9.17) is 9.47 Å². The molecule has 4 heterocycles. The second-order valence-corrected chi connectivity index (χ2v) is 10.3. The van der Waals surface area contributed by atoms with Gasteiger partial charge in [-0.25, -0.2) is 0 Å². The number of rotatable bonds is 5. The van der Waals surface area contributed by atoms with E-state index >= 15 is 0 Å². The average Bonchev–Trinajstić information content (AvgIpc) is 3.43. The van der Waals surface area contributed by atoms with Crippen LogP contribution in [0.15, 0.2) is 42.7 Å². The van der Waals surface area contributed by atoms with Gasteiger partial charge in [0, 0.05) is 42.7 Å². The number of carbonyl (C=O) groups excluding carboxylic acids is 1. The fourth-order valence-electron chi connectivity index (χ4n) is 5.62. The van der Waals surface area contributed by atoms with E-state index in [2.05, 4.69) is 10.2 Å². The Morgan fingerprint density at radius 3 is 2.65 bits per heavy atom. The number of fused-ring (bicyclic) bond motifs is 1. The second-order valence-electron chi connectivity index (χ2n) is 10.3. The molecule has 7 nitrogen and oxygen atoms in total. The fourth-order valence-corrected chi connectivity index (χ4v) is 5.62. The molecule has 1 aromatic heterocycles. The summed E-state index contributed by atoms with van der Waals surface area (Å²) in [6.07, 6.45) is -0.782. The summed E-state index contributed by atoms with van der Waals surface area (Å²) in [5.41, 5.74) is 1.13. The van der Waals surface area contributed by atoms with Crippen molar-refractivity contribution < 1.29 is 27.4 Å². The Labute approximate surface area is 212 Å². The number of ether oxygens (including phenoxy) is 2. The number of hydrogen-bond acceptors (Lipinski definition) is 5. The zero-order valence-corrected chi connectivity index (χ0v) is 20.4. The van der Waals surface area contributed by atoms with Crippen LogP contribution in [0.5, 0.6) is 0 Å². The van der Waals surface area contributed by atoms with Gasteiger partial charge in [-0.05, 0) is 53.8 Å². The minimum Gasteiger partial charge on any atom is -0.381 e. The number of hydrogen-bond donors (Lipinski definition) is 0. The first-order valence-electron chi connectivity index (χ1n) is 12.4. The Bertz CT molecular complexity index is 1340. The number of alkyl halides is 3. The van der Waals surface area contributed by atoms with Gasteiger partial charge in [-0.15, -0.1) is 10.2 Å². The van der Waals surface area contributed by atoms with Crippen molar-refractivity contribution in [3.63, 3.8) is 0 Å². The van der Waals surface area contributed by atoms with Crippen molar-refractivity contribution in [2.45, 2.75) is 43.3 Å². The van der Waals surface area contributed by atoms with Crippen LogP contribution in [0.1, 0.15) is 57.2 Å². The Balaban J connectivity index is 1.34. The Morgan fingerprint density at radius 2 is 2.00 bits per heavy atom. The molecule has 0 saturated carbocycles. The third-order valence-electron chi connectivity index (χ3n) is 7.83. The molecular formula is C27H27F3N4O3. The lowest BCUT2D eigenvalue weighted by atomic mass is 9.75. The number of nitrogens with zero attached hydrogens (tertiary/aromatic N) is 4. The molecule has 0 N–H and O–H groups in total. The lowest BCUT2D eigenvalue weighted by Crippen LogP contribution is -2.49. The number of halogens is 3. The lowest BCUT2D eigenvalue weighted by molar-refractivity contribution is -0.138. The number of aryl methyl sites for hydroxylation is 1. The van der Waals surface area contributed by atoms with Crippen LogP contribution in [-0.4, -0.2) is 47.1 Å². The van der Waals surface area contributed by atoms with Gasteiger partial charge in [-0.2, -0.15) is 13.2 Å². The van der Waals surface area contributed by atoms with Gasteiger partial charge in [0.25, 0.3) is 5.91 Å². The van der Waals surface area contributed by atoms with Gasteiger partial charge in [0.2, 0.25) is 0 Å². The minimum atomic E-state index is -4.56. The van der Waals surface area contributed by atoms with Crippen molar-refractivity contribution in [1.29, 1.82) is 0 Å². The van der Waals surface area contributed by atoms with Gasteiger partial charge < -0.3 is 18.9 Å². The largest absolute Gasteiger partial charge is 0.416 e. The molecule has 37 heavy (non-hydrogen) atoms. The first-order chi connectivity index (χ1) is 17.7. The van der Waals surface area contributed by atoms with Gasteiger partial charge >= 0.3 is 6.18 Å². The van der Waals surface area contributed by atoms with E-state index in [0.29, 0.717) is 44.1 Å². The van der Waals surface area contributed by atoms with E-state index in [-0.39, 0.29) is 29.0 Å². The smallest absolute Gasteiger partial charge is 0.381 e. The maximum absolute atomic E-state index is 14.1. The highest BCUT2D eigenvalue weighted by Crippen LogP contribution is 2.43. The van der Waals surface area contributed by atoms with Crippen molar-refractivity contribution in [3.05, 3.63) is 76.4 Å². The summed E-state index contributed by atoms with van der Waals surface area (Å²) in [7, 11) is 1.88. The van der Waals surface area contributed by atoms with Crippen LogP contribution in [0.4, 0.5) is 18.9 Å². The van der Waals surface area contributed by atoms with Crippen LogP contribution in [0.2, 0.25) is 0 Å². The molecule has 2 saturated heterocycles. The molecule has 6 rings (SSSR count). The summed E-state index contributed by atoms with van der Waals surface area (Å²) in [6, 6.07) is 10.3. The van der Waals surface area contributed by atoms with Crippen molar-refractivity contribution in [2.75, 3.05) is 31.3 Å². The normalized spacial score (nSPS) is 21.1. The van der Waals surface area contributed by atoms with E-state index in [1.54, 1.807) is 18.5 Å². The van der Waals surface area contributed by atoms with Gasteiger partial charge in [0.1, 0.15) is 12.2 Å². The van der Waals surface area contributed by atoms with E-state index in [1.165, 1.54) is 11.0 Å². The molecule has 2 aromatic carbocycles. The van der Waals surface area contributed by atoms with Gasteiger partial charge in [0.05, 0.1) is 31.9 Å². The zero-order chi connectivity index (χ0) is 25.8. The number of benzene rings is 2. The number of amides is 1. The molecule has 3 aromatic rings. The maximum Gasteiger partial charge on any atom is 0.416 e. The number of anilines is 1. The third kappa shape index (κ3) is 4.21. The monoisotopic (exact) mass is 512 g/mol. The highest BCUT2D eigenvalue weighted by atomic mass is 19.4. The summed E-state index contributed by atoms with van der Waals surface area (Å²) in [5, 5.41) is 8.16. The Hall–Kier alpha value is -3.24. The van der Waals surface area contributed by atoms with Crippen LogP contribution in [-0.2, 0) is 41.1 Å². The van der Waals surface area contributed by atoms with Crippen LogP contribution in [0.3, 0.4) is 0 Å². The molecule has 0 bridgehead atoms. The molecule has 194 valence electrons. The summed E-state index contributed by atoms with van der Waals surface area (Å²) in [6.45, 7) is 1.83. The van der Waals surface area contributed by atoms with E-state index in [9.17, 15) is 18.0 Å². The SMILES string of the molecule is Cn1cnnc1CC1(c2cccc(N3Cc4c(cc(C5CCCOC5)cc4C(F)(F)F)C3=O)c2)COC1. The molecule has 1 amide bonds. The van der Waals surface area contributed by atoms with E-state index in [0.717, 1.165) is 24.2 Å². The van der Waals surface area contributed by atoms with Crippen molar-refractivity contribution in [1.82, 2.24) is 14.8 Å². The van der Waals surface area contributed by atoms with Crippen molar-refractivity contribution >= 4 is 11.6 Å². The topological polar surface area (TPSA) is 69.5 Å². The Kier molecular flexibility index (Phi) is 5.83. The summed E-state index contributed by atoms with van der Waals surface area (Å²) in [4.78, 5) is 15.0. The van der Waals surface area contributed by atoms with Crippen LogP contribution >= 0.6 is 0 Å². The second kappa shape index (κ2) is 8.95. The van der Waals surface area contributed by atoms with Crippen molar-refractivity contribution in [3.8, 4) is 0 Å². The summed E-state index contributed by atoms with van der Waals surface area (Å²) < 4.78 is 55.4. The molecule has 1 unspecified atom stereocenters. The fraction of sp³-hybridized carbons (Fsp3) is 0.444. The van der Waals surface area contributed by atoms with Crippen LogP contribution in [0.25, 0.3) is 0 Å². The molecule has 3 aliphatic heterocycles. The molecule has 2 fully saturated rings. The Morgan fingerprint density at radius 1 is 1.16 bits per heavy atom. The van der Waals surface area contributed by atoms with Crippen molar-refractivity contribution in [2.24, 2.45) is 7.05 Å². The van der Waals surface area contributed by atoms with E-state index < -0.39 is 17.6 Å². The lowest BCUT2D eigenvalue weighted by Gasteiger charge is -2.42. The quantitative estimate of drug-likeness (QED) is 0.507. The maximum atomic E-state index is 14.1. The van der Waals surface area contributed by atoms with Crippen LogP contribution in [0, 0.1) is 0 Å². The summed E-state index contributed by atoms with van der Waals surface area (Å²) in [5.74, 6) is 0.250. The standard InChI is InChI=1S/C27H27F3N4O3/c1-33-16-31-32-24(33)11-26(14-37-15-26)19-5-2-6-20(10-19)34-12-22-21(25(34)35)8-18(9-23(22)27(28,29)30)17-4-3-7-36-13-17/h2,5-6,8-10,16-17H,3-4,7,11-15H2,1H3. The molecule has 0 aliphatic carbocycles. The highest BCUT2D eigenvalue weighted by molar-refractivity contribution is 6.10. The minimum absolute atomic E-state index is 0.0316. The predicted molar refractivity (Wildman–Crippen MR) is 128 cm³/mol. The number of aromatic nitrogens is 3. The molecular weight excluding hydrogens is 485 g/mol. The number of carbonyl (C=O) groups is 1. The molecule has 0 radical (unpaired) electrons. The molecule has 3 aliphatic rings. The van der Waals surface area contributed by atoms with Gasteiger partial charge in [0.15, 0.2) is 0 Å². The average molecular weight is 513 g/mol. The molecule has 0 spiro atoms. The third-order valence-corrected chi connectivity index (χ3v) is 7.83. The van der Waals surface area contributed by atoms with Gasteiger partial charge in [-0.3, -0.25) is 4.79 Å². The highest BCUT2D eigenvalue weighted by Gasteiger charge is 2.44. The van der Waals surface area contributed by atoms with Gasteiger partial charge in [-0.1, -0.05) is 12.1 Å². The zero-order valence-electron chi connectivity index (χ0n) is 20.4. The first-order valence-corrected chi connectivity index (χ1v) is 12.4. The first kappa shape index (κ1) is 24.1. The van der Waals surface area contributed by atoms with E-state index in [1.807, 2.05) is 29.8 Å². The van der Waals surface area contributed by atoms with Crippen LogP contribution < -0.4 is 4.90 Å². The molecule has 1 atom stereocenters.